The molecule has 162 valence electrons. The monoisotopic (exact) mass is 435 g/mol. The summed E-state index contributed by atoms with van der Waals surface area (Å²) in [6, 6.07) is 35.3. The van der Waals surface area contributed by atoms with Crippen LogP contribution >= 0.6 is 0 Å². The Morgan fingerprint density at radius 3 is 2.18 bits per heavy atom. The van der Waals surface area contributed by atoms with Crippen molar-refractivity contribution >= 4 is 21.8 Å². The largest absolute Gasteiger partial charge is 0.354 e. The summed E-state index contributed by atoms with van der Waals surface area (Å²) in [7, 11) is 0. The molecule has 0 atom stereocenters. The van der Waals surface area contributed by atoms with Gasteiger partial charge in [-0.25, -0.2) is 0 Å². The lowest BCUT2D eigenvalue weighted by molar-refractivity contribution is 1.26. The maximum absolute atomic E-state index is 3.81. The summed E-state index contributed by atoms with van der Waals surface area (Å²) in [4.78, 5) is 3.81. The molecule has 1 heterocycles. The highest BCUT2D eigenvalue weighted by molar-refractivity contribution is 6.17. The number of H-pyrrole nitrogens is 1. The van der Waals surface area contributed by atoms with Crippen molar-refractivity contribution in [1.29, 1.82) is 0 Å². The molecular weight excluding hydrogens is 410 g/mol. The fourth-order valence-corrected chi connectivity index (χ4v) is 6.03. The van der Waals surface area contributed by atoms with E-state index in [4.69, 9.17) is 0 Å². The first-order valence-electron chi connectivity index (χ1n) is 12.0. The number of fused-ring (bicyclic) bond motifs is 6. The predicted octanol–water partition coefficient (Wildman–Crippen LogP) is 8.84. The van der Waals surface area contributed by atoms with Crippen molar-refractivity contribution in [2.24, 2.45) is 0 Å². The second-order valence-corrected chi connectivity index (χ2v) is 9.45. The number of aromatic amines is 1. The molecule has 0 radical (unpaired) electrons. The molecule has 7 rings (SSSR count). The fourth-order valence-electron chi connectivity index (χ4n) is 6.03. The quantitative estimate of drug-likeness (QED) is 0.279. The van der Waals surface area contributed by atoms with Crippen LogP contribution in [0.5, 0.6) is 0 Å². The Kier molecular flexibility index (Phi) is 4.10. The van der Waals surface area contributed by atoms with Gasteiger partial charge in [0.2, 0.25) is 0 Å². The minimum Gasteiger partial charge on any atom is -0.354 e. The van der Waals surface area contributed by atoms with E-state index in [0.717, 1.165) is 6.42 Å². The normalized spacial score (nSPS) is 12.3. The summed E-state index contributed by atoms with van der Waals surface area (Å²) < 4.78 is 0. The number of rotatable bonds is 2. The third-order valence-corrected chi connectivity index (χ3v) is 7.70. The van der Waals surface area contributed by atoms with Gasteiger partial charge in [0.05, 0.1) is 5.52 Å². The first-order chi connectivity index (χ1) is 16.7. The summed E-state index contributed by atoms with van der Waals surface area (Å²) in [6.07, 6.45) is 0.985. The van der Waals surface area contributed by atoms with E-state index in [1.165, 1.54) is 77.4 Å². The number of aromatic nitrogens is 1. The molecule has 1 aliphatic rings. The molecule has 0 bridgehead atoms. The summed E-state index contributed by atoms with van der Waals surface area (Å²) in [5, 5.41) is 2.64. The van der Waals surface area contributed by atoms with Gasteiger partial charge >= 0.3 is 0 Å². The number of nitrogens with one attached hydrogen (secondary N) is 1. The van der Waals surface area contributed by atoms with E-state index in [9.17, 15) is 0 Å². The Morgan fingerprint density at radius 1 is 0.588 bits per heavy atom. The zero-order valence-corrected chi connectivity index (χ0v) is 19.4. The van der Waals surface area contributed by atoms with E-state index >= 15 is 0 Å². The smallest absolute Gasteiger partial charge is 0.0553 e. The van der Waals surface area contributed by atoms with Crippen LogP contribution in [0.4, 0.5) is 0 Å². The van der Waals surface area contributed by atoms with Crippen LogP contribution < -0.4 is 0 Å². The van der Waals surface area contributed by atoms with E-state index < -0.39 is 0 Å². The van der Waals surface area contributed by atoms with Gasteiger partial charge in [0.1, 0.15) is 0 Å². The van der Waals surface area contributed by atoms with E-state index in [-0.39, 0.29) is 0 Å². The lowest BCUT2D eigenvalue weighted by atomic mass is 9.83. The lowest BCUT2D eigenvalue weighted by Crippen LogP contribution is -1.98. The maximum Gasteiger partial charge on any atom is 0.0553 e. The highest BCUT2D eigenvalue weighted by Crippen LogP contribution is 2.48. The second kappa shape index (κ2) is 7.20. The van der Waals surface area contributed by atoms with Crippen molar-refractivity contribution < 1.29 is 0 Å². The molecule has 5 aromatic carbocycles. The number of aryl methyl sites for hydroxylation is 1. The lowest BCUT2D eigenvalue weighted by Gasteiger charge is -2.20. The fraction of sp³-hybridized carbons (Fsp3) is 0.0909. The van der Waals surface area contributed by atoms with Gasteiger partial charge in [-0.05, 0) is 76.4 Å². The van der Waals surface area contributed by atoms with Crippen molar-refractivity contribution in [2.45, 2.75) is 20.3 Å². The van der Waals surface area contributed by atoms with Gasteiger partial charge in [-0.3, -0.25) is 0 Å². The molecule has 34 heavy (non-hydrogen) atoms. The molecule has 0 saturated carbocycles. The Hall–Kier alpha value is -4.10. The Balaban J connectivity index is 1.64. The van der Waals surface area contributed by atoms with Crippen LogP contribution in [0.1, 0.15) is 22.3 Å². The average Bonchev–Trinajstić information content (AvgIpc) is 3.45. The Bertz CT molecular complexity index is 1730. The van der Waals surface area contributed by atoms with Gasteiger partial charge < -0.3 is 4.98 Å². The molecule has 6 aromatic rings. The maximum atomic E-state index is 3.81. The van der Waals surface area contributed by atoms with Gasteiger partial charge in [0, 0.05) is 21.9 Å². The molecule has 0 saturated heterocycles. The number of benzene rings is 5. The molecular formula is C33H25N. The Labute approximate surface area is 199 Å². The highest BCUT2D eigenvalue weighted by Gasteiger charge is 2.26. The summed E-state index contributed by atoms with van der Waals surface area (Å²) in [5.41, 5.74) is 16.0. The highest BCUT2D eigenvalue weighted by atomic mass is 14.7. The molecule has 0 aliphatic heterocycles. The van der Waals surface area contributed by atoms with Crippen molar-refractivity contribution in [1.82, 2.24) is 4.98 Å². The molecule has 1 nitrogen and oxygen atoms in total. The van der Waals surface area contributed by atoms with E-state index in [1.54, 1.807) is 0 Å². The second-order valence-electron chi connectivity index (χ2n) is 9.45. The van der Waals surface area contributed by atoms with Gasteiger partial charge in [-0.1, -0.05) is 91.0 Å². The molecule has 0 fully saturated rings. The van der Waals surface area contributed by atoms with Crippen molar-refractivity contribution in [3.05, 3.63) is 119 Å². The summed E-state index contributed by atoms with van der Waals surface area (Å²) >= 11 is 0. The van der Waals surface area contributed by atoms with Gasteiger partial charge in [0.25, 0.3) is 0 Å². The predicted molar refractivity (Wildman–Crippen MR) is 144 cm³/mol. The zero-order chi connectivity index (χ0) is 22.8. The van der Waals surface area contributed by atoms with Gasteiger partial charge in [0.15, 0.2) is 0 Å². The standard InChI is InChI=1S/C33H25N/c1-20-21(2)31-27-15-8-9-18-29(27)34-33(31)32(22-11-4-3-5-12-22)30(20)26-17-10-16-25-24-14-7-6-13-23(24)19-28(25)26/h3-18,34H,19H2,1-2H3. The van der Waals surface area contributed by atoms with Crippen LogP contribution in [-0.2, 0) is 6.42 Å². The molecule has 1 N–H and O–H groups in total. The van der Waals surface area contributed by atoms with Crippen molar-refractivity contribution in [3.63, 3.8) is 0 Å². The van der Waals surface area contributed by atoms with Crippen LogP contribution in [0.15, 0.2) is 97.1 Å². The Morgan fingerprint density at radius 2 is 1.29 bits per heavy atom. The molecule has 0 amide bonds. The average molecular weight is 436 g/mol. The van der Waals surface area contributed by atoms with E-state index in [0.29, 0.717) is 0 Å². The molecule has 0 unspecified atom stereocenters. The van der Waals surface area contributed by atoms with Crippen molar-refractivity contribution in [3.8, 4) is 33.4 Å². The third-order valence-electron chi connectivity index (χ3n) is 7.70. The zero-order valence-electron chi connectivity index (χ0n) is 19.4. The minimum absolute atomic E-state index is 0.985. The van der Waals surface area contributed by atoms with Crippen LogP contribution in [0.2, 0.25) is 0 Å². The van der Waals surface area contributed by atoms with Crippen LogP contribution in [0.3, 0.4) is 0 Å². The van der Waals surface area contributed by atoms with Crippen LogP contribution in [0.25, 0.3) is 55.2 Å². The van der Waals surface area contributed by atoms with Crippen LogP contribution in [0, 0.1) is 13.8 Å². The molecule has 1 heteroatoms. The SMILES string of the molecule is Cc1c(-c2cccc3c2Cc2ccccc2-3)c(-c2ccccc2)c2[nH]c3ccccc3c2c1C. The van der Waals surface area contributed by atoms with Crippen molar-refractivity contribution in [2.75, 3.05) is 0 Å². The molecule has 1 aliphatic carbocycles. The molecule has 0 spiro atoms. The topological polar surface area (TPSA) is 15.8 Å². The third kappa shape index (κ3) is 2.61. The first-order valence-corrected chi connectivity index (χ1v) is 12.0. The summed E-state index contributed by atoms with van der Waals surface area (Å²) in [6.45, 7) is 4.59. The van der Waals surface area contributed by atoms with E-state index in [1.807, 2.05) is 0 Å². The van der Waals surface area contributed by atoms with Crippen LogP contribution in [-0.4, -0.2) is 4.98 Å². The molecule has 1 aromatic heterocycles. The number of para-hydroxylation sites is 1. The van der Waals surface area contributed by atoms with E-state index in [2.05, 4.69) is 116 Å². The number of hydrogen-bond donors (Lipinski definition) is 1. The van der Waals surface area contributed by atoms with Gasteiger partial charge in [-0.2, -0.15) is 0 Å². The van der Waals surface area contributed by atoms with Gasteiger partial charge in [-0.15, -0.1) is 0 Å². The summed E-state index contributed by atoms with van der Waals surface area (Å²) in [5.74, 6) is 0. The first kappa shape index (κ1) is 19.4. The number of hydrogen-bond acceptors (Lipinski definition) is 0. The minimum atomic E-state index is 0.985.